The molecule has 0 aromatic carbocycles. The average Bonchev–Trinajstić information content (AvgIpc) is 2.41. The van der Waals surface area contributed by atoms with Crippen molar-refractivity contribution in [3.05, 3.63) is 23.8 Å². The summed E-state index contributed by atoms with van der Waals surface area (Å²) in [6, 6.07) is 0. The van der Waals surface area contributed by atoms with Gasteiger partial charge in [0.05, 0.1) is 19.8 Å². The Balaban J connectivity index is 1.88. The Kier molecular flexibility index (Phi) is 4.85. The molecule has 94 valence electrons. The van der Waals surface area contributed by atoms with Crippen molar-refractivity contribution in [2.75, 3.05) is 26.4 Å². The fourth-order valence-corrected chi connectivity index (χ4v) is 1.67. The van der Waals surface area contributed by atoms with Gasteiger partial charge >= 0.3 is 0 Å². The van der Waals surface area contributed by atoms with Crippen LogP contribution in [0.15, 0.2) is 12.4 Å². The molecule has 5 nitrogen and oxygen atoms in total. The van der Waals surface area contributed by atoms with Crippen LogP contribution in [0.2, 0.25) is 0 Å². The Morgan fingerprint density at radius 2 is 2.18 bits per heavy atom. The molecule has 1 aliphatic heterocycles. The zero-order chi connectivity index (χ0) is 11.9. The predicted octanol–water partition coefficient (Wildman–Crippen LogP) is 1.06. The summed E-state index contributed by atoms with van der Waals surface area (Å²) in [5, 5.41) is 3.31. The fraction of sp³-hybridized carbons (Fsp3) is 0.667. The second kappa shape index (κ2) is 6.64. The van der Waals surface area contributed by atoms with E-state index in [0.717, 1.165) is 25.1 Å². The van der Waals surface area contributed by atoms with Crippen molar-refractivity contribution in [2.45, 2.75) is 26.0 Å². The van der Waals surface area contributed by atoms with Crippen LogP contribution in [0.5, 0.6) is 0 Å². The molecule has 0 bridgehead atoms. The Morgan fingerprint density at radius 1 is 1.35 bits per heavy atom. The first-order chi connectivity index (χ1) is 8.40. The lowest BCUT2D eigenvalue weighted by Crippen LogP contribution is -2.23. The van der Waals surface area contributed by atoms with Gasteiger partial charge in [-0.3, -0.25) is 0 Å². The fourth-order valence-electron chi connectivity index (χ4n) is 1.67. The third-order valence-electron chi connectivity index (χ3n) is 2.59. The predicted molar refractivity (Wildman–Crippen MR) is 63.5 cm³/mol. The number of aromatic nitrogens is 2. The minimum absolute atomic E-state index is 0.110. The van der Waals surface area contributed by atoms with Gasteiger partial charge in [0.1, 0.15) is 6.10 Å². The van der Waals surface area contributed by atoms with E-state index in [4.69, 9.17) is 9.47 Å². The monoisotopic (exact) mass is 237 g/mol. The van der Waals surface area contributed by atoms with E-state index in [1.807, 2.05) is 12.4 Å². The lowest BCUT2D eigenvalue weighted by atomic mass is 10.3. The first-order valence-corrected chi connectivity index (χ1v) is 6.11. The summed E-state index contributed by atoms with van der Waals surface area (Å²) in [7, 11) is 0. The molecule has 1 aromatic rings. The maximum absolute atomic E-state index is 5.54. The zero-order valence-electron chi connectivity index (χ0n) is 10.2. The minimum Gasteiger partial charge on any atom is -0.376 e. The van der Waals surface area contributed by atoms with Gasteiger partial charge in [0, 0.05) is 24.5 Å². The average molecular weight is 237 g/mol. The smallest absolute Gasteiger partial charge is 0.159 e. The highest BCUT2D eigenvalue weighted by Crippen LogP contribution is 2.16. The van der Waals surface area contributed by atoms with Gasteiger partial charge in [-0.15, -0.1) is 0 Å². The third kappa shape index (κ3) is 3.73. The van der Waals surface area contributed by atoms with E-state index in [0.29, 0.717) is 25.6 Å². The van der Waals surface area contributed by atoms with Gasteiger partial charge in [0.25, 0.3) is 0 Å². The molecule has 0 aliphatic carbocycles. The van der Waals surface area contributed by atoms with Crippen molar-refractivity contribution < 1.29 is 9.47 Å². The van der Waals surface area contributed by atoms with Crippen LogP contribution in [0.4, 0.5) is 0 Å². The van der Waals surface area contributed by atoms with Gasteiger partial charge in [0.15, 0.2) is 5.82 Å². The maximum Gasteiger partial charge on any atom is 0.159 e. The molecule has 1 fully saturated rings. The van der Waals surface area contributed by atoms with Crippen LogP contribution < -0.4 is 5.32 Å². The second-order valence-electron chi connectivity index (χ2n) is 4.06. The summed E-state index contributed by atoms with van der Waals surface area (Å²) >= 11 is 0. The van der Waals surface area contributed by atoms with Crippen LogP contribution in [-0.2, 0) is 16.0 Å². The summed E-state index contributed by atoms with van der Waals surface area (Å²) in [6.07, 6.45) is 4.72. The summed E-state index contributed by atoms with van der Waals surface area (Å²) in [6.45, 7) is 5.81. The van der Waals surface area contributed by atoms with Crippen LogP contribution >= 0.6 is 0 Å². The van der Waals surface area contributed by atoms with Gasteiger partial charge in [-0.05, 0) is 13.0 Å². The highest BCUT2D eigenvalue weighted by atomic mass is 16.6. The van der Waals surface area contributed by atoms with Crippen molar-refractivity contribution in [3.63, 3.8) is 0 Å². The molecule has 0 saturated carbocycles. The largest absolute Gasteiger partial charge is 0.376 e. The number of nitrogens with one attached hydrogen (secondary N) is 1. The van der Waals surface area contributed by atoms with Crippen molar-refractivity contribution in [1.29, 1.82) is 0 Å². The first-order valence-electron chi connectivity index (χ1n) is 6.11. The summed E-state index contributed by atoms with van der Waals surface area (Å²) in [4.78, 5) is 8.65. The number of nitrogens with zero attached hydrogens (tertiary/aromatic N) is 2. The molecular weight excluding hydrogens is 218 g/mol. The molecule has 0 spiro atoms. The Bertz CT molecular complexity index is 323. The molecule has 1 unspecified atom stereocenters. The Labute approximate surface area is 102 Å². The third-order valence-corrected chi connectivity index (χ3v) is 2.59. The van der Waals surface area contributed by atoms with Crippen molar-refractivity contribution >= 4 is 0 Å². The number of rotatable bonds is 5. The Morgan fingerprint density at radius 3 is 2.82 bits per heavy atom. The lowest BCUT2D eigenvalue weighted by Gasteiger charge is -2.21. The summed E-state index contributed by atoms with van der Waals surface area (Å²) in [5.74, 6) is 0.712. The van der Waals surface area contributed by atoms with E-state index in [1.165, 1.54) is 0 Å². The van der Waals surface area contributed by atoms with E-state index in [9.17, 15) is 0 Å². The van der Waals surface area contributed by atoms with Gasteiger partial charge in [-0.1, -0.05) is 6.92 Å². The Hall–Kier alpha value is -1.04. The van der Waals surface area contributed by atoms with Crippen LogP contribution in [0, 0.1) is 0 Å². The maximum atomic E-state index is 5.54. The van der Waals surface area contributed by atoms with Crippen LogP contribution in [0.1, 0.15) is 30.8 Å². The highest BCUT2D eigenvalue weighted by molar-refractivity contribution is 5.06. The molecule has 0 radical (unpaired) electrons. The van der Waals surface area contributed by atoms with Gasteiger partial charge in [-0.2, -0.15) is 0 Å². The van der Waals surface area contributed by atoms with Crippen molar-refractivity contribution in [1.82, 2.24) is 15.3 Å². The molecule has 0 amide bonds. The number of hydrogen-bond acceptors (Lipinski definition) is 5. The SMILES string of the molecule is CCCNCc1cnc(C2COCCO2)nc1. The van der Waals surface area contributed by atoms with E-state index in [1.54, 1.807) is 0 Å². The summed E-state index contributed by atoms with van der Waals surface area (Å²) in [5.41, 5.74) is 1.10. The quantitative estimate of drug-likeness (QED) is 0.776. The first kappa shape index (κ1) is 12.4. The lowest BCUT2D eigenvalue weighted by molar-refractivity contribution is -0.0935. The minimum atomic E-state index is -0.110. The van der Waals surface area contributed by atoms with Gasteiger partial charge in [-0.25, -0.2) is 9.97 Å². The van der Waals surface area contributed by atoms with E-state index < -0.39 is 0 Å². The summed E-state index contributed by atoms with van der Waals surface area (Å²) < 4.78 is 10.9. The topological polar surface area (TPSA) is 56.3 Å². The molecular formula is C12H19N3O2. The van der Waals surface area contributed by atoms with Crippen LogP contribution in [0.3, 0.4) is 0 Å². The second-order valence-corrected chi connectivity index (χ2v) is 4.06. The molecule has 2 heterocycles. The number of ether oxygens (including phenoxy) is 2. The zero-order valence-corrected chi connectivity index (χ0v) is 10.2. The molecule has 2 rings (SSSR count). The normalized spacial score (nSPS) is 20.4. The van der Waals surface area contributed by atoms with Crippen molar-refractivity contribution in [2.24, 2.45) is 0 Å². The molecule has 1 N–H and O–H groups in total. The van der Waals surface area contributed by atoms with E-state index >= 15 is 0 Å². The molecule has 5 heteroatoms. The van der Waals surface area contributed by atoms with Crippen molar-refractivity contribution in [3.8, 4) is 0 Å². The molecule has 1 atom stereocenters. The molecule has 17 heavy (non-hydrogen) atoms. The highest BCUT2D eigenvalue weighted by Gasteiger charge is 2.18. The number of hydrogen-bond donors (Lipinski definition) is 1. The standard InChI is InChI=1S/C12H19N3O2/c1-2-3-13-6-10-7-14-12(15-8-10)11-9-16-4-5-17-11/h7-8,11,13H,2-6,9H2,1H3. The van der Waals surface area contributed by atoms with Crippen LogP contribution in [0.25, 0.3) is 0 Å². The van der Waals surface area contributed by atoms with E-state index in [2.05, 4.69) is 22.2 Å². The van der Waals surface area contributed by atoms with E-state index in [-0.39, 0.29) is 6.10 Å². The molecule has 1 aromatic heterocycles. The molecule has 1 saturated heterocycles. The molecule has 1 aliphatic rings. The van der Waals surface area contributed by atoms with Crippen LogP contribution in [-0.4, -0.2) is 36.3 Å². The van der Waals surface area contributed by atoms with Gasteiger partial charge < -0.3 is 14.8 Å². The van der Waals surface area contributed by atoms with Gasteiger partial charge in [0.2, 0.25) is 0 Å².